The van der Waals surface area contributed by atoms with Gasteiger partial charge in [-0.3, -0.25) is 0 Å². The second kappa shape index (κ2) is 5.68. The standard InChI is InChI=1S/C16H17F3N2/c1-3-21(13-6-4-5-11(2)9-13)15-8-7-12(10-14(15)20)16(17,18)19/h4-10H,3,20H2,1-2H3. The van der Waals surface area contributed by atoms with Gasteiger partial charge in [0.05, 0.1) is 16.9 Å². The summed E-state index contributed by atoms with van der Waals surface area (Å²) >= 11 is 0. The number of nitrogen functional groups attached to an aromatic ring is 1. The summed E-state index contributed by atoms with van der Waals surface area (Å²) < 4.78 is 38.1. The molecule has 0 spiro atoms. The molecular weight excluding hydrogens is 277 g/mol. The third-order valence-electron chi connectivity index (χ3n) is 3.28. The van der Waals surface area contributed by atoms with Gasteiger partial charge in [-0.05, 0) is 49.7 Å². The van der Waals surface area contributed by atoms with E-state index in [9.17, 15) is 13.2 Å². The van der Waals surface area contributed by atoms with Crippen molar-refractivity contribution in [1.29, 1.82) is 0 Å². The lowest BCUT2D eigenvalue weighted by Gasteiger charge is -2.25. The molecule has 2 nitrogen and oxygen atoms in total. The van der Waals surface area contributed by atoms with Crippen molar-refractivity contribution in [3.8, 4) is 0 Å². The highest BCUT2D eigenvalue weighted by atomic mass is 19.4. The Labute approximate surface area is 122 Å². The second-order valence-corrected chi connectivity index (χ2v) is 4.85. The summed E-state index contributed by atoms with van der Waals surface area (Å²) in [6, 6.07) is 11.2. The monoisotopic (exact) mass is 294 g/mol. The molecule has 21 heavy (non-hydrogen) atoms. The van der Waals surface area contributed by atoms with E-state index in [0.29, 0.717) is 12.2 Å². The fourth-order valence-electron chi connectivity index (χ4n) is 2.26. The Balaban J connectivity index is 2.44. The molecule has 0 saturated heterocycles. The first-order valence-electron chi connectivity index (χ1n) is 6.64. The molecule has 0 aliphatic carbocycles. The molecule has 0 saturated carbocycles. The number of nitrogens with two attached hydrogens (primary N) is 1. The van der Waals surface area contributed by atoms with E-state index in [-0.39, 0.29) is 5.69 Å². The van der Waals surface area contributed by atoms with Crippen LogP contribution in [-0.2, 0) is 6.18 Å². The minimum atomic E-state index is -4.38. The van der Waals surface area contributed by atoms with E-state index in [4.69, 9.17) is 5.73 Å². The highest BCUT2D eigenvalue weighted by Gasteiger charge is 2.31. The smallest absolute Gasteiger partial charge is 0.397 e. The average Bonchev–Trinajstić information content (AvgIpc) is 2.40. The molecule has 5 heteroatoms. The second-order valence-electron chi connectivity index (χ2n) is 4.85. The van der Waals surface area contributed by atoms with E-state index in [0.717, 1.165) is 23.4 Å². The third kappa shape index (κ3) is 3.29. The summed E-state index contributed by atoms with van der Waals surface area (Å²) in [4.78, 5) is 1.89. The van der Waals surface area contributed by atoms with Crippen LogP contribution in [0.3, 0.4) is 0 Å². The lowest BCUT2D eigenvalue weighted by Crippen LogP contribution is -2.18. The lowest BCUT2D eigenvalue weighted by atomic mass is 10.1. The minimum Gasteiger partial charge on any atom is -0.397 e. The van der Waals surface area contributed by atoms with Crippen LogP contribution >= 0.6 is 0 Å². The van der Waals surface area contributed by atoms with Gasteiger partial charge in [0.1, 0.15) is 0 Å². The molecule has 112 valence electrons. The van der Waals surface area contributed by atoms with Crippen molar-refractivity contribution in [2.75, 3.05) is 17.2 Å². The number of rotatable bonds is 3. The van der Waals surface area contributed by atoms with Gasteiger partial charge in [0.2, 0.25) is 0 Å². The molecule has 0 bridgehead atoms. The molecule has 0 unspecified atom stereocenters. The topological polar surface area (TPSA) is 29.3 Å². The van der Waals surface area contributed by atoms with Gasteiger partial charge < -0.3 is 10.6 Å². The van der Waals surface area contributed by atoms with Crippen LogP contribution in [0.15, 0.2) is 42.5 Å². The zero-order chi connectivity index (χ0) is 15.6. The molecule has 0 aliphatic heterocycles. The lowest BCUT2D eigenvalue weighted by molar-refractivity contribution is -0.137. The van der Waals surface area contributed by atoms with Crippen molar-refractivity contribution in [3.05, 3.63) is 53.6 Å². The van der Waals surface area contributed by atoms with Crippen molar-refractivity contribution in [2.24, 2.45) is 0 Å². The zero-order valence-electron chi connectivity index (χ0n) is 11.9. The first-order chi connectivity index (χ1) is 9.82. The summed E-state index contributed by atoms with van der Waals surface area (Å²) in [7, 11) is 0. The third-order valence-corrected chi connectivity index (χ3v) is 3.28. The quantitative estimate of drug-likeness (QED) is 0.827. The average molecular weight is 294 g/mol. The van der Waals surface area contributed by atoms with Gasteiger partial charge in [-0.15, -0.1) is 0 Å². The molecule has 0 radical (unpaired) electrons. The maximum Gasteiger partial charge on any atom is 0.416 e. The fourth-order valence-corrected chi connectivity index (χ4v) is 2.26. The van der Waals surface area contributed by atoms with Gasteiger partial charge in [-0.2, -0.15) is 13.2 Å². The number of nitrogens with zero attached hydrogens (tertiary/aromatic N) is 1. The van der Waals surface area contributed by atoms with E-state index in [1.807, 2.05) is 43.0 Å². The van der Waals surface area contributed by atoms with Crippen molar-refractivity contribution in [2.45, 2.75) is 20.0 Å². The van der Waals surface area contributed by atoms with Gasteiger partial charge in [0.15, 0.2) is 0 Å². The van der Waals surface area contributed by atoms with Gasteiger partial charge in [-0.25, -0.2) is 0 Å². The van der Waals surface area contributed by atoms with Crippen LogP contribution in [0.4, 0.5) is 30.2 Å². The minimum absolute atomic E-state index is 0.119. The molecule has 2 aromatic carbocycles. The van der Waals surface area contributed by atoms with Crippen LogP contribution in [0.5, 0.6) is 0 Å². The van der Waals surface area contributed by atoms with Crippen LogP contribution in [-0.4, -0.2) is 6.54 Å². The van der Waals surface area contributed by atoms with Gasteiger partial charge in [0.25, 0.3) is 0 Å². The van der Waals surface area contributed by atoms with Crippen LogP contribution in [0.1, 0.15) is 18.1 Å². The Morgan fingerprint density at radius 1 is 1.10 bits per heavy atom. The number of halogens is 3. The molecular formula is C16H17F3N2. The Hall–Kier alpha value is -2.17. The summed E-state index contributed by atoms with van der Waals surface area (Å²) in [5, 5.41) is 0. The largest absolute Gasteiger partial charge is 0.416 e. The van der Waals surface area contributed by atoms with Gasteiger partial charge in [0, 0.05) is 12.2 Å². The summed E-state index contributed by atoms with van der Waals surface area (Å²) in [6.45, 7) is 4.51. The van der Waals surface area contributed by atoms with Crippen molar-refractivity contribution in [1.82, 2.24) is 0 Å². The number of benzene rings is 2. The SMILES string of the molecule is CCN(c1cccc(C)c1)c1ccc(C(F)(F)F)cc1N. The predicted molar refractivity (Wildman–Crippen MR) is 79.7 cm³/mol. The molecule has 0 aliphatic rings. The zero-order valence-corrected chi connectivity index (χ0v) is 11.9. The predicted octanol–water partition coefficient (Wildman–Crippen LogP) is 4.75. The number of hydrogen-bond acceptors (Lipinski definition) is 2. The van der Waals surface area contributed by atoms with E-state index >= 15 is 0 Å². The summed E-state index contributed by atoms with van der Waals surface area (Å²) in [6.07, 6.45) is -4.38. The Morgan fingerprint density at radius 2 is 1.81 bits per heavy atom. The number of alkyl halides is 3. The van der Waals surface area contributed by atoms with Crippen molar-refractivity contribution >= 4 is 17.1 Å². The van der Waals surface area contributed by atoms with Crippen molar-refractivity contribution in [3.63, 3.8) is 0 Å². The van der Waals surface area contributed by atoms with Crippen LogP contribution in [0, 0.1) is 6.92 Å². The normalized spacial score (nSPS) is 11.5. The Bertz CT molecular complexity index is 636. The van der Waals surface area contributed by atoms with Crippen LogP contribution < -0.4 is 10.6 Å². The molecule has 0 atom stereocenters. The van der Waals surface area contributed by atoms with E-state index in [1.165, 1.54) is 6.07 Å². The number of anilines is 3. The fraction of sp³-hybridized carbons (Fsp3) is 0.250. The van der Waals surface area contributed by atoms with Gasteiger partial charge >= 0.3 is 6.18 Å². The molecule has 0 fully saturated rings. The number of hydrogen-bond donors (Lipinski definition) is 1. The molecule has 0 aromatic heterocycles. The van der Waals surface area contributed by atoms with Gasteiger partial charge in [-0.1, -0.05) is 12.1 Å². The first kappa shape index (κ1) is 15.2. The summed E-state index contributed by atoms with van der Waals surface area (Å²) in [5.74, 6) is 0. The van der Waals surface area contributed by atoms with Crippen molar-refractivity contribution < 1.29 is 13.2 Å². The van der Waals surface area contributed by atoms with Crippen LogP contribution in [0.25, 0.3) is 0 Å². The van der Waals surface area contributed by atoms with Crippen LogP contribution in [0.2, 0.25) is 0 Å². The summed E-state index contributed by atoms with van der Waals surface area (Å²) in [5.41, 5.74) is 7.78. The molecule has 2 aromatic rings. The molecule has 2 rings (SSSR count). The maximum absolute atomic E-state index is 12.7. The Morgan fingerprint density at radius 3 is 2.33 bits per heavy atom. The maximum atomic E-state index is 12.7. The van der Waals surface area contributed by atoms with E-state index in [2.05, 4.69) is 0 Å². The first-order valence-corrected chi connectivity index (χ1v) is 6.64. The van der Waals surface area contributed by atoms with E-state index < -0.39 is 11.7 Å². The molecule has 2 N–H and O–H groups in total. The number of aryl methyl sites for hydroxylation is 1. The van der Waals surface area contributed by atoms with E-state index in [1.54, 1.807) is 0 Å². The molecule has 0 heterocycles. The highest BCUT2D eigenvalue weighted by Crippen LogP contribution is 2.36. The highest BCUT2D eigenvalue weighted by molar-refractivity contribution is 5.75. The molecule has 0 amide bonds. The Kier molecular flexibility index (Phi) is 4.11.